The minimum absolute atomic E-state index is 0.0555. The van der Waals surface area contributed by atoms with E-state index in [0.717, 1.165) is 18.6 Å². The minimum Gasteiger partial charge on any atom is -0.399 e. The summed E-state index contributed by atoms with van der Waals surface area (Å²) in [5, 5.41) is 11.0. The predicted octanol–water partition coefficient (Wildman–Crippen LogP) is 0.880. The van der Waals surface area contributed by atoms with E-state index in [1.807, 2.05) is 0 Å². The van der Waals surface area contributed by atoms with Gasteiger partial charge < -0.3 is 10.5 Å². The molecule has 2 rings (SSSR count). The van der Waals surface area contributed by atoms with Gasteiger partial charge in [0, 0.05) is 30.3 Å². The number of hydrogen-bond acceptors (Lipinski definition) is 6. The molecule has 3 N–H and O–H groups in total. The molecule has 1 saturated heterocycles. The first kappa shape index (κ1) is 15.7. The maximum Gasteiger partial charge on any atom is 0.289 e. The average molecular weight is 315 g/mol. The van der Waals surface area contributed by atoms with Crippen LogP contribution in [0.4, 0.5) is 11.4 Å². The van der Waals surface area contributed by atoms with Crippen LogP contribution < -0.4 is 10.5 Å². The Morgan fingerprint density at radius 3 is 2.81 bits per heavy atom. The van der Waals surface area contributed by atoms with Crippen LogP contribution in [0.25, 0.3) is 0 Å². The number of sulfonamides is 1. The molecule has 2 atom stereocenters. The Balaban J connectivity index is 2.30. The van der Waals surface area contributed by atoms with Crippen molar-refractivity contribution in [3.8, 4) is 0 Å². The standard InChI is InChI=1S/C12H17N3O5S/c1-8(9-4-5-20-7-9)14-21(18,19)12-6-10(13)2-3-11(12)15(16)17/h2-3,6,8-9,14H,4-5,7,13H2,1H3. The van der Waals surface area contributed by atoms with E-state index in [0.29, 0.717) is 13.2 Å². The highest BCUT2D eigenvalue weighted by atomic mass is 32.2. The van der Waals surface area contributed by atoms with Crippen molar-refractivity contribution in [3.05, 3.63) is 28.3 Å². The number of anilines is 1. The van der Waals surface area contributed by atoms with Crippen molar-refractivity contribution in [3.63, 3.8) is 0 Å². The van der Waals surface area contributed by atoms with Crippen molar-refractivity contribution in [2.24, 2.45) is 5.92 Å². The first-order chi connectivity index (χ1) is 9.81. The monoisotopic (exact) mass is 315 g/mol. The van der Waals surface area contributed by atoms with Gasteiger partial charge in [-0.15, -0.1) is 0 Å². The molecule has 0 saturated carbocycles. The molecule has 21 heavy (non-hydrogen) atoms. The first-order valence-electron chi connectivity index (χ1n) is 6.45. The summed E-state index contributed by atoms with van der Waals surface area (Å²) in [6.07, 6.45) is 0.753. The third-order valence-corrected chi connectivity index (χ3v) is 5.07. The summed E-state index contributed by atoms with van der Waals surface area (Å²) in [6.45, 7) is 2.78. The Hall–Kier alpha value is -1.71. The minimum atomic E-state index is -4.02. The summed E-state index contributed by atoms with van der Waals surface area (Å²) in [6, 6.07) is 3.11. The predicted molar refractivity (Wildman–Crippen MR) is 76.2 cm³/mol. The van der Waals surface area contributed by atoms with Crippen LogP contribution >= 0.6 is 0 Å². The number of nitrogens with two attached hydrogens (primary N) is 1. The molecule has 0 aliphatic carbocycles. The number of benzene rings is 1. The summed E-state index contributed by atoms with van der Waals surface area (Å²) < 4.78 is 32.4. The summed E-state index contributed by atoms with van der Waals surface area (Å²) in [4.78, 5) is 9.82. The van der Waals surface area contributed by atoms with Crippen molar-refractivity contribution in [1.29, 1.82) is 0 Å². The summed E-state index contributed by atoms with van der Waals surface area (Å²) >= 11 is 0. The molecule has 1 fully saturated rings. The molecular weight excluding hydrogens is 298 g/mol. The largest absolute Gasteiger partial charge is 0.399 e. The molecule has 0 bridgehead atoms. The lowest BCUT2D eigenvalue weighted by Gasteiger charge is -2.19. The molecule has 0 aromatic heterocycles. The van der Waals surface area contributed by atoms with E-state index in [4.69, 9.17) is 10.5 Å². The molecule has 116 valence electrons. The fourth-order valence-corrected chi connectivity index (χ4v) is 3.77. The Bertz CT molecular complexity index is 640. The molecule has 0 spiro atoms. The van der Waals surface area contributed by atoms with Gasteiger partial charge in [0.05, 0.1) is 11.5 Å². The molecule has 0 amide bonds. The number of ether oxygens (including phenoxy) is 1. The van der Waals surface area contributed by atoms with Gasteiger partial charge in [0.25, 0.3) is 5.69 Å². The quantitative estimate of drug-likeness (QED) is 0.472. The average Bonchev–Trinajstić information content (AvgIpc) is 2.91. The number of hydrogen-bond donors (Lipinski definition) is 2. The normalized spacial score (nSPS) is 20.3. The highest BCUT2D eigenvalue weighted by molar-refractivity contribution is 7.89. The Morgan fingerprint density at radius 1 is 1.52 bits per heavy atom. The van der Waals surface area contributed by atoms with Crippen molar-refractivity contribution in [2.45, 2.75) is 24.3 Å². The molecule has 1 aliphatic heterocycles. The Morgan fingerprint density at radius 2 is 2.24 bits per heavy atom. The molecule has 0 radical (unpaired) electrons. The van der Waals surface area contributed by atoms with Crippen molar-refractivity contribution >= 4 is 21.4 Å². The second-order valence-corrected chi connectivity index (χ2v) is 6.70. The van der Waals surface area contributed by atoms with Gasteiger partial charge in [-0.25, -0.2) is 13.1 Å². The van der Waals surface area contributed by atoms with Crippen LogP contribution in [0, 0.1) is 16.0 Å². The zero-order valence-corrected chi connectivity index (χ0v) is 12.3. The van der Waals surface area contributed by atoms with Gasteiger partial charge in [-0.1, -0.05) is 0 Å². The van der Waals surface area contributed by atoms with Crippen LogP contribution in [0.15, 0.2) is 23.1 Å². The number of nitrogens with zero attached hydrogens (tertiary/aromatic N) is 1. The smallest absolute Gasteiger partial charge is 0.289 e. The van der Waals surface area contributed by atoms with Crippen LogP contribution in [-0.4, -0.2) is 32.6 Å². The van der Waals surface area contributed by atoms with Gasteiger partial charge in [-0.05, 0) is 25.5 Å². The summed E-state index contributed by atoms with van der Waals surface area (Å²) in [5.74, 6) is 0.0555. The number of nitrogens with one attached hydrogen (secondary N) is 1. The van der Waals surface area contributed by atoms with Crippen LogP contribution in [0.5, 0.6) is 0 Å². The van der Waals surface area contributed by atoms with E-state index in [2.05, 4.69) is 4.72 Å². The van der Waals surface area contributed by atoms with E-state index >= 15 is 0 Å². The summed E-state index contributed by atoms with van der Waals surface area (Å²) in [5.41, 5.74) is 5.20. The van der Waals surface area contributed by atoms with Crippen molar-refractivity contribution < 1.29 is 18.1 Å². The maximum atomic E-state index is 12.4. The van der Waals surface area contributed by atoms with E-state index in [1.165, 1.54) is 6.07 Å². The van der Waals surface area contributed by atoms with Crippen LogP contribution in [0.1, 0.15) is 13.3 Å². The van der Waals surface area contributed by atoms with Crippen molar-refractivity contribution in [1.82, 2.24) is 4.72 Å². The zero-order valence-electron chi connectivity index (χ0n) is 11.5. The van der Waals surface area contributed by atoms with E-state index in [9.17, 15) is 18.5 Å². The Labute approximate surface area is 122 Å². The van der Waals surface area contributed by atoms with Gasteiger partial charge in [-0.2, -0.15) is 0 Å². The van der Waals surface area contributed by atoms with E-state index in [-0.39, 0.29) is 17.6 Å². The van der Waals surface area contributed by atoms with Crippen LogP contribution in [-0.2, 0) is 14.8 Å². The second kappa shape index (κ2) is 5.96. The van der Waals surface area contributed by atoms with Crippen molar-refractivity contribution in [2.75, 3.05) is 18.9 Å². The number of nitrogen functional groups attached to an aromatic ring is 1. The molecule has 9 heteroatoms. The van der Waals surface area contributed by atoms with Gasteiger partial charge >= 0.3 is 0 Å². The highest BCUT2D eigenvalue weighted by Crippen LogP contribution is 2.27. The van der Waals surface area contributed by atoms with E-state index < -0.39 is 25.5 Å². The molecular formula is C12H17N3O5S. The molecule has 1 aromatic rings. The van der Waals surface area contributed by atoms with E-state index in [1.54, 1.807) is 6.92 Å². The first-order valence-corrected chi connectivity index (χ1v) is 7.93. The number of nitro benzene ring substituents is 1. The maximum absolute atomic E-state index is 12.4. The van der Waals surface area contributed by atoms with Gasteiger partial charge in [0.1, 0.15) is 0 Å². The number of rotatable bonds is 5. The fourth-order valence-electron chi connectivity index (χ4n) is 2.25. The Kier molecular flexibility index (Phi) is 4.45. The number of nitro groups is 1. The van der Waals surface area contributed by atoms with Gasteiger partial charge in [0.15, 0.2) is 4.90 Å². The third kappa shape index (κ3) is 3.49. The molecule has 1 aromatic carbocycles. The van der Waals surface area contributed by atoms with Gasteiger partial charge in [0.2, 0.25) is 10.0 Å². The lowest BCUT2D eigenvalue weighted by atomic mass is 10.0. The zero-order chi connectivity index (χ0) is 15.6. The molecule has 1 heterocycles. The topological polar surface area (TPSA) is 125 Å². The lowest BCUT2D eigenvalue weighted by molar-refractivity contribution is -0.387. The van der Waals surface area contributed by atoms with Gasteiger partial charge in [-0.3, -0.25) is 10.1 Å². The molecule has 1 aliphatic rings. The third-order valence-electron chi connectivity index (χ3n) is 3.48. The molecule has 8 nitrogen and oxygen atoms in total. The lowest BCUT2D eigenvalue weighted by Crippen LogP contribution is -2.38. The second-order valence-electron chi connectivity index (χ2n) is 5.02. The highest BCUT2D eigenvalue weighted by Gasteiger charge is 2.31. The summed E-state index contributed by atoms with van der Waals surface area (Å²) in [7, 11) is -4.02. The fraction of sp³-hybridized carbons (Fsp3) is 0.500. The SMILES string of the molecule is CC(NS(=O)(=O)c1cc(N)ccc1[N+](=O)[O-])C1CCOC1. The van der Waals surface area contributed by atoms with Crippen LogP contribution in [0.3, 0.4) is 0 Å². The molecule has 2 unspecified atom stereocenters. The van der Waals surface area contributed by atoms with Crippen LogP contribution in [0.2, 0.25) is 0 Å².